The summed E-state index contributed by atoms with van der Waals surface area (Å²) in [6.45, 7) is 14.2. The molecule has 2 fully saturated rings. The minimum atomic E-state index is -1.25. The van der Waals surface area contributed by atoms with Gasteiger partial charge in [0.1, 0.15) is 17.2 Å². The van der Waals surface area contributed by atoms with Crippen molar-refractivity contribution in [1.29, 1.82) is 5.26 Å². The molecule has 2 aliphatic rings. The molecule has 3 aromatic carbocycles. The van der Waals surface area contributed by atoms with Gasteiger partial charge in [-0.2, -0.15) is 5.26 Å². The number of hydrogen-bond acceptors (Lipinski definition) is 9. The molecule has 0 bridgehead atoms. The van der Waals surface area contributed by atoms with Crippen LogP contribution in [0.15, 0.2) is 85.2 Å². The molecule has 2 aliphatic heterocycles. The van der Waals surface area contributed by atoms with Gasteiger partial charge in [-0.15, -0.1) is 0 Å². The van der Waals surface area contributed by atoms with Crippen molar-refractivity contribution in [2.24, 2.45) is 11.8 Å². The number of likely N-dealkylation sites (tertiary alicyclic amines) is 2. The van der Waals surface area contributed by atoms with Crippen molar-refractivity contribution in [2.75, 3.05) is 20.2 Å². The number of nitrogens with one attached hydrogen (secondary N) is 3. The van der Waals surface area contributed by atoms with Crippen molar-refractivity contribution in [3.8, 4) is 39.7 Å². The number of aliphatic hydroxyl groups excluding tert-OH is 1. The highest BCUT2D eigenvalue weighted by Crippen LogP contribution is 2.38. The molecule has 4 heterocycles. The smallest absolute Gasteiger partial charge is 0.410 e. The van der Waals surface area contributed by atoms with Crippen LogP contribution in [0.4, 0.5) is 4.79 Å². The summed E-state index contributed by atoms with van der Waals surface area (Å²) in [6.07, 6.45) is 2.96. The summed E-state index contributed by atoms with van der Waals surface area (Å²) in [7, 11) is 1.38. The highest BCUT2D eigenvalue weighted by Gasteiger charge is 2.41. The number of rotatable bonds is 10. The van der Waals surface area contributed by atoms with Gasteiger partial charge in [0.2, 0.25) is 12.3 Å². The van der Waals surface area contributed by atoms with E-state index in [9.17, 15) is 20.0 Å². The largest absolute Gasteiger partial charge is 0.444 e. The molecule has 2 saturated heterocycles. The quantitative estimate of drug-likeness (QED) is 0.0830. The van der Waals surface area contributed by atoms with Crippen LogP contribution in [0.2, 0.25) is 0 Å². The van der Waals surface area contributed by atoms with E-state index in [-0.39, 0.29) is 29.8 Å². The Morgan fingerprint density at radius 3 is 2.11 bits per heavy atom. The van der Waals surface area contributed by atoms with Crippen LogP contribution in [0, 0.1) is 23.2 Å². The lowest BCUT2D eigenvalue weighted by molar-refractivity contribution is -0.144. The maximum atomic E-state index is 13.7. The zero-order valence-corrected chi connectivity index (χ0v) is 33.2. The third kappa shape index (κ3) is 8.49. The number of hydrogen-bond donors (Lipinski definition) is 4. The van der Waals surface area contributed by atoms with Crippen LogP contribution in [0.1, 0.15) is 71.2 Å². The van der Waals surface area contributed by atoms with Gasteiger partial charge in [0.25, 0.3) is 0 Å². The first-order valence-corrected chi connectivity index (χ1v) is 19.3. The number of carbonyl (C=O) groups is 2. The van der Waals surface area contributed by atoms with E-state index in [1.54, 1.807) is 22.2 Å². The van der Waals surface area contributed by atoms with E-state index in [2.05, 4.69) is 81.4 Å². The Hall–Kier alpha value is -5.81. The molecule has 57 heavy (non-hydrogen) atoms. The fourth-order valence-electron chi connectivity index (χ4n) is 7.68. The van der Waals surface area contributed by atoms with Crippen molar-refractivity contribution in [3.63, 3.8) is 0 Å². The fraction of sp³-hybridized carbons (Fsp3) is 0.386. The molecule has 5 aromatic rings. The molecule has 0 spiro atoms. The molecule has 4 N–H and O–H groups in total. The summed E-state index contributed by atoms with van der Waals surface area (Å²) in [4.78, 5) is 46.3. The number of benzene rings is 3. The van der Waals surface area contributed by atoms with Gasteiger partial charge in [-0.3, -0.25) is 15.0 Å². The number of aliphatic hydroxyl groups is 1. The number of amides is 2. The molecule has 13 nitrogen and oxygen atoms in total. The molecule has 2 aromatic heterocycles. The van der Waals surface area contributed by atoms with Crippen molar-refractivity contribution >= 4 is 22.8 Å². The number of aromatic nitrogens is 4. The molecular formula is C44H50N8O5. The van der Waals surface area contributed by atoms with Crippen LogP contribution in [0.25, 0.3) is 44.4 Å². The number of fused-ring (bicyclic) bond motifs is 1. The topological polar surface area (TPSA) is 172 Å². The van der Waals surface area contributed by atoms with E-state index in [0.29, 0.717) is 37.6 Å². The van der Waals surface area contributed by atoms with E-state index in [4.69, 9.17) is 14.5 Å². The van der Waals surface area contributed by atoms with Crippen LogP contribution >= 0.6 is 0 Å². The molecule has 2 amide bonds. The van der Waals surface area contributed by atoms with Gasteiger partial charge in [0, 0.05) is 25.8 Å². The highest BCUT2D eigenvalue weighted by molar-refractivity contribution is 5.90. The second-order valence-electron chi connectivity index (χ2n) is 16.3. The maximum absolute atomic E-state index is 13.7. The van der Waals surface area contributed by atoms with Crippen LogP contribution in [0.3, 0.4) is 0 Å². The molecule has 0 saturated carbocycles. The van der Waals surface area contributed by atoms with Crippen LogP contribution in [-0.4, -0.2) is 85.1 Å². The molecular weight excluding hydrogens is 721 g/mol. The van der Waals surface area contributed by atoms with Crippen LogP contribution < -0.4 is 5.32 Å². The molecule has 7 rings (SSSR count). The Labute approximate surface area is 332 Å². The average Bonchev–Trinajstić information content (AvgIpc) is 4.01. The van der Waals surface area contributed by atoms with E-state index in [0.717, 1.165) is 50.0 Å². The average molecular weight is 771 g/mol. The molecule has 296 valence electrons. The summed E-state index contributed by atoms with van der Waals surface area (Å²) in [5, 5.41) is 24.7. The van der Waals surface area contributed by atoms with Gasteiger partial charge in [-0.1, -0.05) is 74.5 Å². The van der Waals surface area contributed by atoms with Crippen molar-refractivity contribution < 1.29 is 24.2 Å². The number of aromatic amines is 2. The van der Waals surface area contributed by atoms with Gasteiger partial charge >= 0.3 is 6.09 Å². The maximum Gasteiger partial charge on any atom is 0.410 e. The first kappa shape index (κ1) is 39.4. The Morgan fingerprint density at radius 1 is 0.912 bits per heavy atom. The number of ether oxygens (including phenoxy) is 2. The second-order valence-corrected chi connectivity index (χ2v) is 16.3. The van der Waals surface area contributed by atoms with Gasteiger partial charge in [-0.25, -0.2) is 14.8 Å². The number of H-pyrrole nitrogens is 2. The highest BCUT2D eigenvalue weighted by atomic mass is 16.6. The van der Waals surface area contributed by atoms with E-state index < -0.39 is 24.2 Å². The molecule has 1 unspecified atom stereocenters. The summed E-state index contributed by atoms with van der Waals surface area (Å²) in [5.74, 6) is 0.802. The SMILES string of the molecule is C=C1C[C@@H](c2ncc(-c3ccc4cc(-c5ccc(-c6cnc([C@@H]7C[C@H](C#N)CN7C(=O)OC(C)(C)C)[nH]6)cc5)ccc4c3)[nH]2)N(C(=O)[C@@H](NC(O)OC)C(C)C)C1. The number of nitrogens with zero attached hydrogens (tertiary/aromatic N) is 5. The fourth-order valence-corrected chi connectivity index (χ4v) is 7.68. The zero-order valence-electron chi connectivity index (χ0n) is 33.2. The number of carbonyl (C=O) groups excluding carboxylic acids is 2. The summed E-state index contributed by atoms with van der Waals surface area (Å²) < 4.78 is 10.6. The second kappa shape index (κ2) is 16.0. The Morgan fingerprint density at radius 2 is 1.49 bits per heavy atom. The van der Waals surface area contributed by atoms with E-state index >= 15 is 0 Å². The van der Waals surface area contributed by atoms with Gasteiger partial charge in [0.05, 0.1) is 53.9 Å². The van der Waals surface area contributed by atoms with Gasteiger partial charge in [-0.05, 0) is 79.1 Å². The summed E-state index contributed by atoms with van der Waals surface area (Å²) in [5.41, 5.74) is 6.05. The Kier molecular flexibility index (Phi) is 11.0. The molecule has 0 radical (unpaired) electrons. The number of imidazole rings is 2. The van der Waals surface area contributed by atoms with Crippen LogP contribution in [0.5, 0.6) is 0 Å². The Bertz CT molecular complexity index is 2320. The number of nitriles is 1. The van der Waals surface area contributed by atoms with E-state index in [1.807, 2.05) is 46.8 Å². The first-order valence-electron chi connectivity index (χ1n) is 19.3. The van der Waals surface area contributed by atoms with Gasteiger partial charge < -0.3 is 29.4 Å². The monoisotopic (exact) mass is 770 g/mol. The van der Waals surface area contributed by atoms with Crippen molar-refractivity contribution in [3.05, 3.63) is 96.9 Å². The van der Waals surface area contributed by atoms with Crippen LogP contribution in [-0.2, 0) is 14.3 Å². The third-order valence-electron chi connectivity index (χ3n) is 10.6. The molecule has 5 atom stereocenters. The number of methoxy groups -OCH3 is 1. The summed E-state index contributed by atoms with van der Waals surface area (Å²) >= 11 is 0. The lowest BCUT2D eigenvalue weighted by Crippen LogP contribution is -2.52. The zero-order chi connectivity index (χ0) is 40.6. The lowest BCUT2D eigenvalue weighted by Gasteiger charge is -2.31. The first-order chi connectivity index (χ1) is 27.2. The lowest BCUT2D eigenvalue weighted by atomic mass is 9.98. The minimum Gasteiger partial charge on any atom is -0.444 e. The molecule has 13 heteroatoms. The third-order valence-corrected chi connectivity index (χ3v) is 10.6. The minimum absolute atomic E-state index is 0.0826. The van der Waals surface area contributed by atoms with Crippen molar-refractivity contribution in [1.82, 2.24) is 35.1 Å². The standard InChI is InChI=1S/C44H50N8O5/c1-25(2)38(50-42(54)56-7)41(53)51-23-26(3)16-36(51)39-47-22-35(49-39)33-15-14-31-18-30(12-13-32(31)19-33)28-8-10-29(11-9-28)34-21-46-40(48-34)37-17-27(20-45)24-52(37)43(55)57-44(4,5)6/h8-15,18-19,21-22,25,27,36-38,42,50,54H,3,16-17,23-24H2,1-2,4-7H3,(H,46,48)(H,47,49)/t27-,36+,37+,38+,42?/m1/s1. The Balaban J connectivity index is 1.05. The molecule has 0 aliphatic carbocycles. The predicted octanol–water partition coefficient (Wildman–Crippen LogP) is 7.47. The van der Waals surface area contributed by atoms with E-state index in [1.165, 1.54) is 7.11 Å². The van der Waals surface area contributed by atoms with Gasteiger partial charge in [0.15, 0.2) is 0 Å². The normalized spacial score (nSPS) is 19.6. The van der Waals surface area contributed by atoms with Crippen molar-refractivity contribution in [2.45, 2.75) is 77.6 Å². The summed E-state index contributed by atoms with van der Waals surface area (Å²) in [6, 6.07) is 21.9. The predicted molar refractivity (Wildman–Crippen MR) is 217 cm³/mol.